The van der Waals surface area contributed by atoms with Crippen molar-refractivity contribution in [1.29, 1.82) is 0 Å². The van der Waals surface area contributed by atoms with E-state index in [1.54, 1.807) is 0 Å². The molecule has 0 aliphatic carbocycles. The lowest BCUT2D eigenvalue weighted by molar-refractivity contribution is 1.13. The topological polar surface area (TPSA) is 14.8 Å². The van der Waals surface area contributed by atoms with E-state index in [-0.39, 0.29) is 0 Å². The molecule has 0 saturated heterocycles. The highest BCUT2D eigenvalue weighted by molar-refractivity contribution is 6.14. The minimum absolute atomic E-state index is 1.14. The quantitative estimate of drug-likeness (QED) is 0.172. The van der Waals surface area contributed by atoms with Gasteiger partial charge in [0.15, 0.2) is 0 Å². The van der Waals surface area contributed by atoms with Crippen molar-refractivity contribution >= 4 is 54.5 Å². The maximum Gasteiger partial charge on any atom is 0.0548 e. The van der Waals surface area contributed by atoms with Crippen LogP contribution in [0.1, 0.15) is 0 Å². The van der Waals surface area contributed by atoms with Crippen LogP contribution in [-0.2, 0) is 0 Å². The summed E-state index contributed by atoms with van der Waals surface area (Å²) in [7, 11) is 0. The van der Waals surface area contributed by atoms with E-state index in [0.29, 0.717) is 0 Å². The van der Waals surface area contributed by atoms with Crippen LogP contribution >= 0.6 is 0 Å². The second-order valence-corrected chi connectivity index (χ2v) is 13.8. The molecule has 0 unspecified atom stereocenters. The van der Waals surface area contributed by atoms with Gasteiger partial charge in [-0.3, -0.25) is 0 Å². The van der Waals surface area contributed by atoms with E-state index in [0.717, 1.165) is 11.4 Å². The molecule has 0 aliphatic heterocycles. The van der Waals surface area contributed by atoms with Crippen LogP contribution in [-0.4, -0.2) is 13.7 Å². The number of aromatic nitrogens is 3. The first-order valence-corrected chi connectivity index (χ1v) is 18.2. The second-order valence-electron chi connectivity index (χ2n) is 13.8. The molecule has 53 heavy (non-hydrogen) atoms. The molecule has 0 saturated carbocycles. The maximum atomic E-state index is 2.42. The summed E-state index contributed by atoms with van der Waals surface area (Å²) in [5.74, 6) is 0. The monoisotopic (exact) mass is 675 g/mol. The molecule has 3 nitrogen and oxygen atoms in total. The van der Waals surface area contributed by atoms with Gasteiger partial charge in [-0.25, -0.2) is 0 Å². The molecule has 0 aliphatic rings. The summed E-state index contributed by atoms with van der Waals surface area (Å²) < 4.78 is 7.12. The number of nitrogens with zero attached hydrogens (tertiary/aromatic N) is 3. The van der Waals surface area contributed by atoms with Crippen LogP contribution < -0.4 is 0 Å². The molecule has 0 N–H and O–H groups in total. The summed E-state index contributed by atoms with van der Waals surface area (Å²) in [6.07, 6.45) is 2.18. The Morgan fingerprint density at radius 3 is 1.36 bits per heavy atom. The van der Waals surface area contributed by atoms with Crippen molar-refractivity contribution < 1.29 is 0 Å². The fraction of sp³-hybridized carbons (Fsp3) is 0. The summed E-state index contributed by atoms with van der Waals surface area (Å²) in [6.45, 7) is 0. The van der Waals surface area contributed by atoms with Gasteiger partial charge in [-0.05, 0) is 107 Å². The van der Waals surface area contributed by atoms with Crippen LogP contribution in [0.3, 0.4) is 0 Å². The third-order valence-electron chi connectivity index (χ3n) is 10.9. The number of benzene rings is 8. The van der Waals surface area contributed by atoms with Gasteiger partial charge in [-0.1, -0.05) is 109 Å². The van der Waals surface area contributed by atoms with E-state index in [9.17, 15) is 0 Å². The lowest BCUT2D eigenvalue weighted by Crippen LogP contribution is -1.97. The molecule has 3 aromatic heterocycles. The molecule has 11 aromatic rings. The van der Waals surface area contributed by atoms with Gasteiger partial charge in [-0.15, -0.1) is 0 Å². The standard InChI is InChI=1S/C50H33N3/c1-4-12-34(13-5-1)36-20-26-47-43(30-36)44-31-37(35-14-6-2-7-15-35)21-27-48(44)52(47)40-22-24-41(25-23-40)53-46-19-11-10-18-42(46)45-33-49-38(32-50(45)53)28-29-51(49)39-16-8-3-9-17-39/h1-33H. The summed E-state index contributed by atoms with van der Waals surface area (Å²) >= 11 is 0. The minimum atomic E-state index is 1.14. The van der Waals surface area contributed by atoms with Crippen molar-refractivity contribution in [2.75, 3.05) is 0 Å². The molecule has 0 bridgehead atoms. The zero-order valence-electron chi connectivity index (χ0n) is 28.9. The molecule has 11 rings (SSSR count). The molecule has 0 spiro atoms. The van der Waals surface area contributed by atoms with Crippen LogP contribution in [0.15, 0.2) is 200 Å². The molecule has 0 atom stereocenters. The first-order valence-electron chi connectivity index (χ1n) is 18.2. The summed E-state index contributed by atoms with van der Waals surface area (Å²) in [6, 6.07) is 70.5. The Bertz CT molecular complexity index is 3030. The molecule has 0 radical (unpaired) electrons. The zero-order chi connectivity index (χ0) is 34.9. The summed E-state index contributed by atoms with van der Waals surface area (Å²) in [5, 5.41) is 6.21. The number of fused-ring (bicyclic) bond motifs is 7. The van der Waals surface area contributed by atoms with Crippen LogP contribution in [0.5, 0.6) is 0 Å². The fourth-order valence-electron chi connectivity index (χ4n) is 8.36. The van der Waals surface area contributed by atoms with Crippen molar-refractivity contribution in [2.24, 2.45) is 0 Å². The molecular weight excluding hydrogens is 643 g/mol. The van der Waals surface area contributed by atoms with E-state index < -0.39 is 0 Å². The highest BCUT2D eigenvalue weighted by atomic mass is 15.0. The maximum absolute atomic E-state index is 2.42. The Kier molecular flexibility index (Phi) is 6.55. The Morgan fingerprint density at radius 1 is 0.264 bits per heavy atom. The summed E-state index contributed by atoms with van der Waals surface area (Å²) in [4.78, 5) is 0. The lowest BCUT2D eigenvalue weighted by atomic mass is 10.0. The minimum Gasteiger partial charge on any atom is -0.317 e. The van der Waals surface area contributed by atoms with E-state index >= 15 is 0 Å². The zero-order valence-corrected chi connectivity index (χ0v) is 28.9. The first kappa shape index (κ1) is 29.6. The van der Waals surface area contributed by atoms with Gasteiger partial charge < -0.3 is 13.7 Å². The van der Waals surface area contributed by atoms with Crippen molar-refractivity contribution in [1.82, 2.24) is 13.7 Å². The van der Waals surface area contributed by atoms with Crippen LogP contribution in [0.25, 0.3) is 93.8 Å². The van der Waals surface area contributed by atoms with Crippen LogP contribution in [0.4, 0.5) is 0 Å². The van der Waals surface area contributed by atoms with Crippen molar-refractivity contribution in [3.05, 3.63) is 200 Å². The average Bonchev–Trinajstić information content (AvgIpc) is 3.90. The third-order valence-corrected chi connectivity index (χ3v) is 10.9. The van der Waals surface area contributed by atoms with E-state index in [4.69, 9.17) is 0 Å². The molecule has 8 aromatic carbocycles. The Balaban J connectivity index is 1.08. The number of para-hydroxylation sites is 2. The third kappa shape index (κ3) is 4.68. The van der Waals surface area contributed by atoms with E-state index in [1.807, 2.05) is 0 Å². The van der Waals surface area contributed by atoms with Crippen molar-refractivity contribution in [2.45, 2.75) is 0 Å². The highest BCUT2D eigenvalue weighted by Gasteiger charge is 2.17. The first-order chi connectivity index (χ1) is 26.3. The smallest absolute Gasteiger partial charge is 0.0548 e. The number of hydrogen-bond donors (Lipinski definition) is 0. The Labute approximate surface area is 306 Å². The molecule has 0 fully saturated rings. The molecule has 3 heterocycles. The SMILES string of the molecule is c1ccc(-c2ccc3c(c2)c2cc(-c4ccccc4)ccc2n3-c2ccc(-n3c4ccccc4c4cc5c(ccn5-c5ccccc5)cc43)cc2)cc1. The van der Waals surface area contributed by atoms with Crippen LogP contribution in [0.2, 0.25) is 0 Å². The molecule has 248 valence electrons. The molecule has 0 amide bonds. The van der Waals surface area contributed by atoms with Gasteiger partial charge in [0, 0.05) is 50.2 Å². The fourth-order valence-corrected chi connectivity index (χ4v) is 8.36. The average molecular weight is 676 g/mol. The molecular formula is C50H33N3. The van der Waals surface area contributed by atoms with Gasteiger partial charge in [0.05, 0.1) is 27.6 Å². The predicted octanol–water partition coefficient (Wildman–Crippen LogP) is 13.2. The Morgan fingerprint density at radius 2 is 0.755 bits per heavy atom. The largest absolute Gasteiger partial charge is 0.317 e. The second kappa shape index (κ2) is 11.7. The number of hydrogen-bond acceptors (Lipinski definition) is 0. The molecule has 3 heteroatoms. The van der Waals surface area contributed by atoms with Gasteiger partial charge in [0.1, 0.15) is 0 Å². The van der Waals surface area contributed by atoms with Gasteiger partial charge in [0.2, 0.25) is 0 Å². The predicted molar refractivity (Wildman–Crippen MR) is 223 cm³/mol. The number of rotatable bonds is 5. The van der Waals surface area contributed by atoms with Crippen molar-refractivity contribution in [3.8, 4) is 39.3 Å². The van der Waals surface area contributed by atoms with E-state index in [2.05, 4.69) is 214 Å². The Hall–Kier alpha value is -7.10. The van der Waals surface area contributed by atoms with Gasteiger partial charge in [0.25, 0.3) is 0 Å². The van der Waals surface area contributed by atoms with Gasteiger partial charge in [-0.2, -0.15) is 0 Å². The lowest BCUT2D eigenvalue weighted by Gasteiger charge is -2.12. The van der Waals surface area contributed by atoms with E-state index in [1.165, 1.54) is 82.5 Å². The van der Waals surface area contributed by atoms with Gasteiger partial charge >= 0.3 is 0 Å². The van der Waals surface area contributed by atoms with Crippen LogP contribution in [0, 0.1) is 0 Å². The normalized spacial score (nSPS) is 11.8. The van der Waals surface area contributed by atoms with Crippen molar-refractivity contribution in [3.63, 3.8) is 0 Å². The highest BCUT2D eigenvalue weighted by Crippen LogP contribution is 2.39. The summed E-state index contributed by atoms with van der Waals surface area (Å²) in [5.41, 5.74) is 14.3.